The molecule has 0 spiro atoms. The zero-order chi connectivity index (χ0) is 14.2. The molecule has 13 heteroatoms. The maximum atomic E-state index is 12.7. The highest BCUT2D eigenvalue weighted by molar-refractivity contribution is 4.93. The first-order chi connectivity index (χ1) is 7.33. The summed E-state index contributed by atoms with van der Waals surface area (Å²) in [5.41, 5.74) is 0. The molecule has 0 aliphatic rings. The minimum Gasteiger partial charge on any atom is -0.261 e. The van der Waals surface area contributed by atoms with Gasteiger partial charge < -0.3 is 0 Å². The SMILES string of the molecule is O=[N+]([O-])C(F)(F)C(F)(F)C(F)(C(F)F)[N+](=O)[O-]. The summed E-state index contributed by atoms with van der Waals surface area (Å²) in [6.45, 7) is 0. The van der Waals surface area contributed by atoms with Crippen LogP contribution in [0, 0.1) is 20.2 Å². The fourth-order valence-corrected chi connectivity index (χ4v) is 0.657. The normalized spacial score (nSPS) is 16.7. The molecule has 0 saturated carbocycles. The minimum absolute atomic E-state index is 3.03. The van der Waals surface area contributed by atoms with E-state index in [-0.39, 0.29) is 0 Å². The van der Waals surface area contributed by atoms with Crippen LogP contribution in [0.25, 0.3) is 0 Å². The van der Waals surface area contributed by atoms with Gasteiger partial charge in [-0.1, -0.05) is 0 Å². The lowest BCUT2D eigenvalue weighted by Gasteiger charge is -2.25. The zero-order valence-corrected chi connectivity index (χ0v) is 7.25. The van der Waals surface area contributed by atoms with Crippen LogP contribution in [0.15, 0.2) is 0 Å². The quantitative estimate of drug-likeness (QED) is 0.330. The van der Waals surface area contributed by atoms with Crippen molar-refractivity contribution in [2.45, 2.75) is 24.2 Å². The molecule has 0 rings (SSSR count). The van der Waals surface area contributed by atoms with Gasteiger partial charge in [0.05, 0.1) is 4.92 Å². The maximum absolute atomic E-state index is 12.7. The van der Waals surface area contributed by atoms with Crippen LogP contribution in [0.5, 0.6) is 0 Å². The Kier molecular flexibility index (Phi) is 3.56. The number of rotatable bonds is 5. The second kappa shape index (κ2) is 3.96. The molecular formula is C4HF7N2O4. The van der Waals surface area contributed by atoms with Crippen molar-refractivity contribution < 1.29 is 40.6 Å². The smallest absolute Gasteiger partial charge is 0.261 e. The lowest BCUT2D eigenvalue weighted by Crippen LogP contribution is -2.66. The third kappa shape index (κ3) is 1.84. The van der Waals surface area contributed by atoms with Gasteiger partial charge in [-0.3, -0.25) is 20.2 Å². The highest BCUT2D eigenvalue weighted by atomic mass is 19.3. The van der Waals surface area contributed by atoms with E-state index in [1.54, 1.807) is 0 Å². The Morgan fingerprint density at radius 3 is 1.41 bits per heavy atom. The van der Waals surface area contributed by atoms with E-state index in [9.17, 15) is 51.0 Å². The van der Waals surface area contributed by atoms with Gasteiger partial charge in [-0.05, 0) is 0 Å². The molecular weight excluding hydrogens is 273 g/mol. The van der Waals surface area contributed by atoms with E-state index >= 15 is 0 Å². The van der Waals surface area contributed by atoms with Gasteiger partial charge >= 0.3 is 24.2 Å². The van der Waals surface area contributed by atoms with E-state index in [4.69, 9.17) is 0 Å². The van der Waals surface area contributed by atoms with Crippen LogP contribution in [0.1, 0.15) is 0 Å². The summed E-state index contributed by atoms with van der Waals surface area (Å²) >= 11 is 0. The molecule has 0 aliphatic carbocycles. The average molecular weight is 274 g/mol. The molecule has 0 aliphatic heterocycles. The van der Waals surface area contributed by atoms with Gasteiger partial charge in [0.15, 0.2) is 0 Å². The van der Waals surface area contributed by atoms with E-state index in [0.29, 0.717) is 0 Å². The summed E-state index contributed by atoms with van der Waals surface area (Å²) < 4.78 is 85.7. The Morgan fingerprint density at radius 1 is 0.882 bits per heavy atom. The van der Waals surface area contributed by atoms with Crippen molar-refractivity contribution in [2.75, 3.05) is 0 Å². The number of hydrogen-bond acceptors (Lipinski definition) is 4. The first-order valence-corrected chi connectivity index (χ1v) is 3.35. The van der Waals surface area contributed by atoms with Gasteiger partial charge in [0.25, 0.3) is 0 Å². The van der Waals surface area contributed by atoms with Crippen molar-refractivity contribution in [1.82, 2.24) is 0 Å². The molecule has 0 radical (unpaired) electrons. The second-order valence-corrected chi connectivity index (χ2v) is 2.60. The van der Waals surface area contributed by atoms with Crippen molar-refractivity contribution in [3.63, 3.8) is 0 Å². The third-order valence-electron chi connectivity index (χ3n) is 1.60. The van der Waals surface area contributed by atoms with Crippen LogP contribution in [-0.2, 0) is 0 Å². The fourth-order valence-electron chi connectivity index (χ4n) is 0.657. The first-order valence-electron chi connectivity index (χ1n) is 3.35. The van der Waals surface area contributed by atoms with E-state index in [1.165, 1.54) is 0 Å². The van der Waals surface area contributed by atoms with Crippen molar-refractivity contribution >= 4 is 0 Å². The number of hydrogen-bond donors (Lipinski definition) is 0. The van der Waals surface area contributed by atoms with Crippen molar-refractivity contribution in [2.24, 2.45) is 0 Å². The van der Waals surface area contributed by atoms with Crippen molar-refractivity contribution in [3.8, 4) is 0 Å². The average Bonchev–Trinajstić information content (AvgIpc) is 2.14. The van der Waals surface area contributed by atoms with Crippen molar-refractivity contribution in [1.29, 1.82) is 0 Å². The monoisotopic (exact) mass is 274 g/mol. The second-order valence-electron chi connectivity index (χ2n) is 2.60. The van der Waals surface area contributed by atoms with Gasteiger partial charge in [0.2, 0.25) is 0 Å². The molecule has 0 aromatic rings. The van der Waals surface area contributed by atoms with Gasteiger partial charge in [-0.2, -0.15) is 22.0 Å². The summed E-state index contributed by atoms with van der Waals surface area (Å²) in [6.07, 6.45) is -5.20. The predicted octanol–water partition coefficient (Wildman–Crippen LogP) is 1.70. The number of nitrogens with zero attached hydrogens (tertiary/aromatic N) is 2. The predicted molar refractivity (Wildman–Crippen MR) is 33.7 cm³/mol. The lowest BCUT2D eigenvalue weighted by atomic mass is 10.1. The molecule has 0 aromatic heterocycles. The number of alkyl halides is 7. The van der Waals surface area contributed by atoms with E-state index < -0.39 is 34.0 Å². The Labute approximate surface area is 86.3 Å². The molecule has 1 atom stereocenters. The Morgan fingerprint density at radius 2 is 1.24 bits per heavy atom. The summed E-state index contributed by atoms with van der Waals surface area (Å²) in [4.78, 5) is 13.1. The molecule has 17 heavy (non-hydrogen) atoms. The first kappa shape index (κ1) is 15.3. The fraction of sp³-hybridized carbons (Fsp3) is 1.00. The summed E-state index contributed by atoms with van der Waals surface area (Å²) in [5.74, 6) is -13.1. The zero-order valence-electron chi connectivity index (χ0n) is 7.25. The van der Waals surface area contributed by atoms with Crippen LogP contribution in [-0.4, -0.2) is 34.0 Å². The van der Waals surface area contributed by atoms with E-state index in [1.807, 2.05) is 0 Å². The van der Waals surface area contributed by atoms with Crippen molar-refractivity contribution in [3.05, 3.63) is 20.2 Å². The van der Waals surface area contributed by atoms with Crippen LogP contribution < -0.4 is 0 Å². The molecule has 1 unspecified atom stereocenters. The summed E-state index contributed by atoms with van der Waals surface area (Å²) in [6, 6.07) is -6.56. The van der Waals surface area contributed by atoms with Crippen LogP contribution >= 0.6 is 0 Å². The van der Waals surface area contributed by atoms with Crippen LogP contribution in [0.4, 0.5) is 30.7 Å². The molecule has 0 bridgehead atoms. The standard InChI is InChI=1S/C4HF7N2O4/c5-1(6)2(7,12(14)15)3(8,9)4(10,11)13(16)17/h1H. The maximum Gasteiger partial charge on any atom is 0.587 e. The molecule has 0 fully saturated rings. The van der Waals surface area contributed by atoms with Gasteiger partial charge in [-0.15, -0.1) is 8.78 Å². The molecule has 0 N–H and O–H groups in total. The Balaban J connectivity index is 5.87. The van der Waals surface area contributed by atoms with Crippen LogP contribution in [0.2, 0.25) is 0 Å². The van der Waals surface area contributed by atoms with E-state index in [2.05, 4.69) is 0 Å². The largest absolute Gasteiger partial charge is 0.587 e. The molecule has 0 heterocycles. The number of nitro groups is 2. The van der Waals surface area contributed by atoms with E-state index in [0.717, 1.165) is 0 Å². The minimum atomic E-state index is -6.83. The van der Waals surface area contributed by atoms with Gasteiger partial charge in [0.1, 0.15) is 4.92 Å². The Hall–Kier alpha value is -1.69. The number of halogens is 7. The molecule has 0 aromatic carbocycles. The van der Waals surface area contributed by atoms with Gasteiger partial charge in [-0.25, -0.2) is 0 Å². The molecule has 0 saturated heterocycles. The Bertz CT molecular complexity index is 347. The summed E-state index contributed by atoms with van der Waals surface area (Å²) in [7, 11) is 0. The lowest BCUT2D eigenvalue weighted by molar-refractivity contribution is -0.732. The molecule has 6 nitrogen and oxygen atoms in total. The highest BCUT2D eigenvalue weighted by Gasteiger charge is 2.89. The van der Waals surface area contributed by atoms with Gasteiger partial charge in [0, 0.05) is 0 Å². The highest BCUT2D eigenvalue weighted by Crippen LogP contribution is 2.47. The molecule has 100 valence electrons. The topological polar surface area (TPSA) is 86.3 Å². The van der Waals surface area contributed by atoms with Crippen LogP contribution in [0.3, 0.4) is 0 Å². The molecule has 0 amide bonds. The third-order valence-corrected chi connectivity index (χ3v) is 1.60. The summed E-state index contributed by atoms with van der Waals surface area (Å²) in [5, 5.41) is 19.2.